The first-order valence-corrected chi connectivity index (χ1v) is 12.3. The van der Waals surface area contributed by atoms with Crippen LogP contribution in [0.15, 0.2) is 29.2 Å². The molecular weight excluding hydrogens is 366 g/mol. The van der Waals surface area contributed by atoms with Crippen molar-refractivity contribution < 1.29 is 4.79 Å². The van der Waals surface area contributed by atoms with Gasteiger partial charge in [0.1, 0.15) is 0 Å². The van der Waals surface area contributed by atoms with E-state index < -0.39 is 0 Å². The lowest BCUT2D eigenvalue weighted by molar-refractivity contribution is -0.121. The first-order valence-electron chi connectivity index (χ1n) is 11.0. The summed E-state index contributed by atoms with van der Waals surface area (Å²) < 4.78 is 0. The van der Waals surface area contributed by atoms with Gasteiger partial charge < -0.3 is 5.32 Å². The second-order valence-corrected chi connectivity index (χ2v) is 9.21. The van der Waals surface area contributed by atoms with E-state index in [0.29, 0.717) is 18.4 Å². The summed E-state index contributed by atoms with van der Waals surface area (Å²) in [6, 6.07) is 9.51. The number of likely N-dealkylation sites (tertiary alicyclic amines) is 2. The quantitative estimate of drug-likeness (QED) is 0.632. The molecule has 1 aromatic rings. The van der Waals surface area contributed by atoms with Crippen LogP contribution < -0.4 is 5.32 Å². The minimum Gasteiger partial charge on any atom is -0.355 e. The lowest BCUT2D eigenvalue weighted by Crippen LogP contribution is -2.40. The van der Waals surface area contributed by atoms with Crippen LogP contribution in [-0.4, -0.2) is 60.7 Å². The summed E-state index contributed by atoms with van der Waals surface area (Å²) in [4.78, 5) is 18.6. The summed E-state index contributed by atoms with van der Waals surface area (Å²) in [6.45, 7) is 8.70. The Hall–Kier alpha value is -1.04. The second kappa shape index (κ2) is 11.2. The Labute approximate surface area is 175 Å². The molecule has 0 unspecified atom stereocenters. The molecular formula is C23H37N3OS. The topological polar surface area (TPSA) is 35.6 Å². The fourth-order valence-electron chi connectivity index (χ4n) is 4.62. The molecule has 0 spiro atoms. The molecule has 0 aliphatic carbocycles. The Kier molecular flexibility index (Phi) is 8.68. The summed E-state index contributed by atoms with van der Waals surface area (Å²) in [5.74, 6) is 0.957. The number of hydrogen-bond acceptors (Lipinski definition) is 4. The number of nitrogens with zero attached hydrogens (tertiary/aromatic N) is 2. The van der Waals surface area contributed by atoms with Crippen molar-refractivity contribution in [2.24, 2.45) is 5.92 Å². The van der Waals surface area contributed by atoms with Gasteiger partial charge in [0, 0.05) is 30.4 Å². The van der Waals surface area contributed by atoms with E-state index in [0.717, 1.165) is 39.1 Å². The number of carbonyl (C=O) groups is 1. The molecule has 0 saturated carbocycles. The van der Waals surface area contributed by atoms with Crippen LogP contribution in [0.2, 0.25) is 0 Å². The van der Waals surface area contributed by atoms with Gasteiger partial charge in [0.2, 0.25) is 5.91 Å². The number of likely N-dealkylation sites (N-methyl/N-ethyl adjacent to an activating group) is 1. The molecule has 4 nitrogen and oxygen atoms in total. The number of thioether (sulfide) groups is 1. The zero-order chi connectivity index (χ0) is 19.8. The minimum atomic E-state index is 0.249. The molecule has 1 N–H and O–H groups in total. The average molecular weight is 404 g/mol. The van der Waals surface area contributed by atoms with Crippen LogP contribution in [0, 0.1) is 5.92 Å². The summed E-state index contributed by atoms with van der Waals surface area (Å²) in [5, 5.41) is 3.19. The highest BCUT2D eigenvalue weighted by Gasteiger charge is 2.24. The van der Waals surface area contributed by atoms with Crippen molar-refractivity contribution in [1.29, 1.82) is 0 Å². The number of rotatable bonds is 9. The van der Waals surface area contributed by atoms with Crippen LogP contribution in [0.25, 0.3) is 0 Å². The number of amides is 1. The van der Waals surface area contributed by atoms with Crippen LogP contribution in [0.1, 0.15) is 51.0 Å². The van der Waals surface area contributed by atoms with Crippen LogP contribution in [0.4, 0.5) is 0 Å². The molecule has 2 heterocycles. The molecule has 0 aromatic heterocycles. The predicted molar refractivity (Wildman–Crippen MR) is 119 cm³/mol. The lowest BCUT2D eigenvalue weighted by atomic mass is 9.92. The molecule has 156 valence electrons. The highest BCUT2D eigenvalue weighted by Crippen LogP contribution is 2.24. The van der Waals surface area contributed by atoms with Crippen LogP contribution >= 0.6 is 11.8 Å². The van der Waals surface area contributed by atoms with Gasteiger partial charge in [-0.2, -0.15) is 0 Å². The molecule has 0 radical (unpaired) electrons. The van der Waals surface area contributed by atoms with E-state index in [2.05, 4.69) is 52.6 Å². The lowest BCUT2D eigenvalue weighted by Gasteiger charge is -2.32. The minimum absolute atomic E-state index is 0.249. The molecule has 2 fully saturated rings. The van der Waals surface area contributed by atoms with Gasteiger partial charge in [-0.1, -0.05) is 19.1 Å². The Morgan fingerprint density at radius 1 is 1.14 bits per heavy atom. The maximum absolute atomic E-state index is 12.3. The molecule has 1 amide bonds. The van der Waals surface area contributed by atoms with Gasteiger partial charge in [0.15, 0.2) is 0 Å². The van der Waals surface area contributed by atoms with E-state index in [1.54, 1.807) is 11.8 Å². The molecule has 3 rings (SSSR count). The monoisotopic (exact) mass is 403 g/mol. The van der Waals surface area contributed by atoms with Gasteiger partial charge in [-0.05, 0) is 88.2 Å². The van der Waals surface area contributed by atoms with Crippen molar-refractivity contribution in [3.63, 3.8) is 0 Å². The molecule has 28 heavy (non-hydrogen) atoms. The fourth-order valence-corrected chi connectivity index (χ4v) is 5.03. The maximum Gasteiger partial charge on any atom is 0.220 e. The van der Waals surface area contributed by atoms with Crippen molar-refractivity contribution in [3.05, 3.63) is 29.8 Å². The second-order valence-electron chi connectivity index (χ2n) is 8.33. The number of carbonyl (C=O) groups excluding carboxylic acids is 1. The van der Waals surface area contributed by atoms with Crippen LogP contribution in [0.5, 0.6) is 0 Å². The molecule has 5 heteroatoms. The zero-order valence-electron chi connectivity index (χ0n) is 17.7. The van der Waals surface area contributed by atoms with Crippen molar-refractivity contribution in [2.45, 2.75) is 62.9 Å². The van der Waals surface area contributed by atoms with E-state index in [4.69, 9.17) is 0 Å². The summed E-state index contributed by atoms with van der Waals surface area (Å²) in [5.41, 5.74) is 1.41. The van der Waals surface area contributed by atoms with Crippen molar-refractivity contribution in [1.82, 2.24) is 15.1 Å². The SMILES string of the molecule is CCN1CCC[C@@H]1CNC(=O)CCC1CCN(Cc2ccc(SC)cc2)CC1. The van der Waals surface area contributed by atoms with E-state index in [1.807, 2.05) is 0 Å². The molecule has 1 aromatic carbocycles. The van der Waals surface area contributed by atoms with Crippen LogP contribution in [-0.2, 0) is 11.3 Å². The molecule has 1 atom stereocenters. The zero-order valence-corrected chi connectivity index (χ0v) is 18.5. The number of benzene rings is 1. The molecule has 2 saturated heterocycles. The van der Waals surface area contributed by atoms with Crippen LogP contribution in [0.3, 0.4) is 0 Å². The molecule has 2 aliphatic rings. The third kappa shape index (κ3) is 6.50. The summed E-state index contributed by atoms with van der Waals surface area (Å²) in [7, 11) is 0. The predicted octanol–water partition coefficient (Wildman–Crippen LogP) is 4.00. The van der Waals surface area contributed by atoms with Gasteiger partial charge in [-0.15, -0.1) is 11.8 Å². The van der Waals surface area contributed by atoms with Crippen molar-refractivity contribution >= 4 is 17.7 Å². The Morgan fingerprint density at radius 3 is 2.57 bits per heavy atom. The largest absolute Gasteiger partial charge is 0.355 e. The number of piperidine rings is 1. The average Bonchev–Trinajstić information content (AvgIpc) is 3.20. The van der Waals surface area contributed by atoms with Gasteiger partial charge in [-0.25, -0.2) is 0 Å². The smallest absolute Gasteiger partial charge is 0.220 e. The highest BCUT2D eigenvalue weighted by molar-refractivity contribution is 7.98. The standard InChI is InChI=1S/C23H37N3OS/c1-3-26-14-4-5-21(26)17-24-23(27)11-8-19-12-15-25(16-13-19)18-20-6-9-22(28-2)10-7-20/h6-7,9-10,19,21H,3-5,8,11-18H2,1-2H3,(H,24,27)/t21-/m1/s1. The Morgan fingerprint density at radius 2 is 1.89 bits per heavy atom. The van der Waals surface area contributed by atoms with E-state index in [-0.39, 0.29) is 5.91 Å². The Balaban J connectivity index is 1.30. The fraction of sp³-hybridized carbons (Fsp3) is 0.696. The van der Waals surface area contributed by atoms with Crippen molar-refractivity contribution in [3.8, 4) is 0 Å². The van der Waals surface area contributed by atoms with Gasteiger partial charge in [0.05, 0.1) is 0 Å². The van der Waals surface area contributed by atoms with Gasteiger partial charge in [-0.3, -0.25) is 14.6 Å². The van der Waals surface area contributed by atoms with Gasteiger partial charge in [0.25, 0.3) is 0 Å². The number of hydrogen-bond donors (Lipinski definition) is 1. The van der Waals surface area contributed by atoms with E-state index in [9.17, 15) is 4.79 Å². The molecule has 2 aliphatic heterocycles. The third-order valence-corrected chi connectivity index (χ3v) is 7.24. The molecule has 0 bridgehead atoms. The maximum atomic E-state index is 12.3. The van der Waals surface area contributed by atoms with Gasteiger partial charge >= 0.3 is 0 Å². The summed E-state index contributed by atoms with van der Waals surface area (Å²) in [6.07, 6.45) is 8.81. The first-order chi connectivity index (χ1) is 13.7. The highest BCUT2D eigenvalue weighted by atomic mass is 32.2. The normalized spacial score (nSPS) is 21.9. The first kappa shape index (κ1) is 21.7. The van der Waals surface area contributed by atoms with E-state index in [1.165, 1.54) is 42.7 Å². The number of nitrogens with one attached hydrogen (secondary N) is 1. The van der Waals surface area contributed by atoms with Crippen molar-refractivity contribution in [2.75, 3.05) is 39.0 Å². The third-order valence-electron chi connectivity index (χ3n) is 6.49. The Bertz CT molecular complexity index is 598. The summed E-state index contributed by atoms with van der Waals surface area (Å²) >= 11 is 1.79. The van der Waals surface area contributed by atoms with E-state index >= 15 is 0 Å².